The van der Waals surface area contributed by atoms with Gasteiger partial charge >= 0.3 is 0 Å². The lowest BCUT2D eigenvalue weighted by molar-refractivity contribution is 0.275. The summed E-state index contributed by atoms with van der Waals surface area (Å²) in [5.41, 5.74) is 2.18. The Morgan fingerprint density at radius 3 is 2.87 bits per heavy atom. The molecule has 0 saturated heterocycles. The molecule has 0 aromatic carbocycles. The van der Waals surface area contributed by atoms with E-state index >= 15 is 0 Å². The number of imidazole rings is 1. The first-order chi connectivity index (χ1) is 7.22. The molecule has 2 rings (SSSR count). The Balaban J connectivity index is 2.33. The largest absolute Gasteiger partial charge is 0.390 e. The van der Waals surface area contributed by atoms with Gasteiger partial charge in [0.15, 0.2) is 0 Å². The molecule has 1 aromatic rings. The predicted molar refractivity (Wildman–Crippen MR) is 59.6 cm³/mol. The van der Waals surface area contributed by atoms with Crippen LogP contribution in [0.25, 0.3) is 0 Å². The second-order valence-corrected chi connectivity index (χ2v) is 4.79. The molecule has 0 radical (unpaired) electrons. The highest BCUT2D eigenvalue weighted by molar-refractivity contribution is 5.19. The van der Waals surface area contributed by atoms with Crippen LogP contribution < -0.4 is 0 Å². The van der Waals surface area contributed by atoms with Gasteiger partial charge in [0.25, 0.3) is 0 Å². The minimum atomic E-state index is 0.0907. The molecule has 0 amide bonds. The van der Waals surface area contributed by atoms with Crippen LogP contribution in [-0.2, 0) is 26.0 Å². The van der Waals surface area contributed by atoms with E-state index in [1.54, 1.807) is 0 Å². The molecule has 0 unspecified atom stereocenters. The van der Waals surface area contributed by atoms with Crippen LogP contribution >= 0.6 is 0 Å². The van der Waals surface area contributed by atoms with Gasteiger partial charge in [0.2, 0.25) is 0 Å². The number of aliphatic hydroxyl groups is 1. The monoisotopic (exact) mass is 208 g/mol. The third kappa shape index (κ3) is 2.07. The average molecular weight is 208 g/mol. The van der Waals surface area contributed by atoms with Crippen molar-refractivity contribution in [1.29, 1.82) is 0 Å². The van der Waals surface area contributed by atoms with Crippen LogP contribution in [0.4, 0.5) is 0 Å². The fourth-order valence-electron chi connectivity index (χ4n) is 2.35. The van der Waals surface area contributed by atoms with Gasteiger partial charge in [0.1, 0.15) is 5.82 Å². The summed E-state index contributed by atoms with van der Waals surface area (Å²) in [6.07, 6.45) is 4.59. The number of fused-ring (bicyclic) bond motifs is 1. The molecule has 0 saturated carbocycles. The van der Waals surface area contributed by atoms with Gasteiger partial charge in [-0.15, -0.1) is 0 Å². The molecular formula is C12H20N2O. The first kappa shape index (κ1) is 10.7. The summed E-state index contributed by atoms with van der Waals surface area (Å²) in [6.45, 7) is 5.60. The van der Waals surface area contributed by atoms with Gasteiger partial charge in [-0.25, -0.2) is 4.98 Å². The molecular weight excluding hydrogens is 188 g/mol. The molecule has 0 bridgehead atoms. The van der Waals surface area contributed by atoms with E-state index in [0.29, 0.717) is 5.92 Å². The SMILES string of the molecule is CC(C)Cc1nc(CO)c2n1CCCC2. The molecule has 84 valence electrons. The summed E-state index contributed by atoms with van der Waals surface area (Å²) >= 11 is 0. The van der Waals surface area contributed by atoms with Gasteiger partial charge < -0.3 is 9.67 Å². The van der Waals surface area contributed by atoms with Crippen molar-refractivity contribution in [3.8, 4) is 0 Å². The Morgan fingerprint density at radius 2 is 2.20 bits per heavy atom. The van der Waals surface area contributed by atoms with Crippen LogP contribution in [-0.4, -0.2) is 14.7 Å². The summed E-state index contributed by atoms with van der Waals surface area (Å²) in [5.74, 6) is 1.80. The predicted octanol–water partition coefficient (Wildman–Crippen LogP) is 1.91. The Morgan fingerprint density at radius 1 is 1.40 bits per heavy atom. The molecule has 15 heavy (non-hydrogen) atoms. The fraction of sp³-hybridized carbons (Fsp3) is 0.750. The smallest absolute Gasteiger partial charge is 0.109 e. The molecule has 2 heterocycles. The summed E-state index contributed by atoms with van der Waals surface area (Å²) < 4.78 is 2.33. The maximum atomic E-state index is 9.27. The van der Waals surface area contributed by atoms with E-state index in [1.807, 2.05) is 0 Å². The third-order valence-corrected chi connectivity index (χ3v) is 3.02. The highest BCUT2D eigenvalue weighted by Gasteiger charge is 2.19. The zero-order chi connectivity index (χ0) is 10.8. The van der Waals surface area contributed by atoms with Crippen molar-refractivity contribution in [2.24, 2.45) is 5.92 Å². The fourth-order valence-corrected chi connectivity index (χ4v) is 2.35. The van der Waals surface area contributed by atoms with Gasteiger partial charge in [-0.1, -0.05) is 13.8 Å². The molecule has 1 aliphatic heterocycles. The summed E-state index contributed by atoms with van der Waals surface area (Å²) in [4.78, 5) is 4.56. The molecule has 1 aliphatic rings. The minimum absolute atomic E-state index is 0.0907. The maximum absolute atomic E-state index is 9.27. The molecule has 0 spiro atoms. The van der Waals surface area contributed by atoms with Crippen LogP contribution in [0.2, 0.25) is 0 Å². The van der Waals surface area contributed by atoms with Crippen molar-refractivity contribution in [1.82, 2.24) is 9.55 Å². The van der Waals surface area contributed by atoms with Crippen LogP contribution in [0, 0.1) is 5.92 Å². The van der Waals surface area contributed by atoms with E-state index in [1.165, 1.54) is 24.4 Å². The van der Waals surface area contributed by atoms with Crippen LogP contribution in [0.3, 0.4) is 0 Å². The van der Waals surface area contributed by atoms with E-state index < -0.39 is 0 Å². The lowest BCUT2D eigenvalue weighted by Crippen LogP contribution is -2.14. The number of nitrogens with zero attached hydrogens (tertiary/aromatic N) is 2. The third-order valence-electron chi connectivity index (χ3n) is 3.02. The Bertz CT molecular complexity index is 342. The maximum Gasteiger partial charge on any atom is 0.109 e. The van der Waals surface area contributed by atoms with Crippen LogP contribution in [0.15, 0.2) is 0 Å². The number of rotatable bonds is 3. The van der Waals surface area contributed by atoms with Crippen LogP contribution in [0.5, 0.6) is 0 Å². The van der Waals surface area contributed by atoms with E-state index in [4.69, 9.17) is 0 Å². The quantitative estimate of drug-likeness (QED) is 0.824. The van der Waals surface area contributed by atoms with Crippen molar-refractivity contribution >= 4 is 0 Å². The Hall–Kier alpha value is -0.830. The molecule has 3 nitrogen and oxygen atoms in total. The molecule has 0 aliphatic carbocycles. The van der Waals surface area contributed by atoms with Crippen molar-refractivity contribution < 1.29 is 5.11 Å². The Labute approximate surface area is 91.1 Å². The summed E-state index contributed by atoms with van der Waals surface area (Å²) in [7, 11) is 0. The van der Waals surface area contributed by atoms with E-state index in [2.05, 4.69) is 23.4 Å². The normalized spacial score (nSPS) is 15.7. The number of aromatic nitrogens is 2. The molecule has 1 aromatic heterocycles. The molecule has 0 fully saturated rings. The second kappa shape index (κ2) is 4.35. The van der Waals surface area contributed by atoms with Crippen molar-refractivity contribution in [3.05, 3.63) is 17.2 Å². The van der Waals surface area contributed by atoms with Gasteiger partial charge in [0.05, 0.1) is 12.3 Å². The van der Waals surface area contributed by atoms with Gasteiger partial charge in [-0.2, -0.15) is 0 Å². The van der Waals surface area contributed by atoms with Gasteiger partial charge in [-0.3, -0.25) is 0 Å². The average Bonchev–Trinajstić information content (AvgIpc) is 2.56. The summed E-state index contributed by atoms with van der Waals surface area (Å²) in [5, 5.41) is 9.27. The highest BCUT2D eigenvalue weighted by atomic mass is 16.3. The lowest BCUT2D eigenvalue weighted by atomic mass is 10.1. The van der Waals surface area contributed by atoms with Crippen LogP contribution in [0.1, 0.15) is 43.9 Å². The summed E-state index contributed by atoms with van der Waals surface area (Å²) in [6, 6.07) is 0. The first-order valence-corrected chi connectivity index (χ1v) is 5.90. The minimum Gasteiger partial charge on any atom is -0.390 e. The first-order valence-electron chi connectivity index (χ1n) is 5.90. The van der Waals surface area contributed by atoms with Crippen molar-refractivity contribution in [3.63, 3.8) is 0 Å². The zero-order valence-electron chi connectivity index (χ0n) is 9.66. The molecule has 0 atom stereocenters. The lowest BCUT2D eigenvalue weighted by Gasteiger charge is -2.17. The second-order valence-electron chi connectivity index (χ2n) is 4.79. The van der Waals surface area contributed by atoms with E-state index in [-0.39, 0.29) is 6.61 Å². The number of aliphatic hydroxyl groups excluding tert-OH is 1. The van der Waals surface area contributed by atoms with E-state index in [9.17, 15) is 5.11 Å². The van der Waals surface area contributed by atoms with Crippen molar-refractivity contribution in [2.75, 3.05) is 0 Å². The molecule has 3 heteroatoms. The Kier molecular flexibility index (Phi) is 3.10. The topological polar surface area (TPSA) is 38.1 Å². The highest BCUT2D eigenvalue weighted by Crippen LogP contribution is 2.22. The number of hydrogen-bond acceptors (Lipinski definition) is 2. The van der Waals surface area contributed by atoms with E-state index in [0.717, 1.165) is 25.1 Å². The zero-order valence-corrected chi connectivity index (χ0v) is 9.66. The van der Waals surface area contributed by atoms with Gasteiger partial charge in [-0.05, 0) is 25.2 Å². The van der Waals surface area contributed by atoms with Gasteiger partial charge in [0, 0.05) is 18.7 Å². The standard InChI is InChI=1S/C12H20N2O/c1-9(2)7-12-13-10(8-15)11-5-3-4-6-14(11)12/h9,15H,3-8H2,1-2H3. The molecule has 1 N–H and O–H groups in total. The number of hydrogen-bond donors (Lipinski definition) is 1. The van der Waals surface area contributed by atoms with Crippen molar-refractivity contribution in [2.45, 2.75) is 52.7 Å².